The average Bonchev–Trinajstić information content (AvgIpc) is 2.43. The predicted octanol–water partition coefficient (Wildman–Crippen LogP) is 2.95. The first-order valence-corrected chi connectivity index (χ1v) is 6.72. The summed E-state index contributed by atoms with van der Waals surface area (Å²) in [6.45, 7) is 6.94. The van der Waals surface area contributed by atoms with Crippen molar-refractivity contribution in [1.82, 2.24) is 5.32 Å². The Morgan fingerprint density at radius 1 is 1.32 bits per heavy atom. The second-order valence-electron chi connectivity index (χ2n) is 5.37. The minimum Gasteiger partial charge on any atom is -0.355 e. The van der Waals surface area contributed by atoms with Gasteiger partial charge in [-0.25, -0.2) is 0 Å². The molecule has 0 heterocycles. The Morgan fingerprint density at radius 3 is 2.47 bits per heavy atom. The molecule has 0 atom stereocenters. The molecule has 19 heavy (non-hydrogen) atoms. The van der Waals surface area contributed by atoms with Crippen LogP contribution in [-0.2, 0) is 16.6 Å². The molecule has 0 bridgehead atoms. The lowest BCUT2D eigenvalue weighted by Gasteiger charge is -2.26. The highest BCUT2D eigenvalue weighted by molar-refractivity contribution is 5.76. The van der Waals surface area contributed by atoms with Crippen molar-refractivity contribution in [1.29, 1.82) is 5.26 Å². The molecule has 1 amide bonds. The van der Waals surface area contributed by atoms with E-state index >= 15 is 0 Å². The van der Waals surface area contributed by atoms with Crippen molar-refractivity contribution in [3.63, 3.8) is 0 Å². The molecule has 3 heteroatoms. The highest BCUT2D eigenvalue weighted by Gasteiger charge is 2.21. The maximum absolute atomic E-state index is 11.5. The third kappa shape index (κ3) is 4.75. The Labute approximate surface area is 115 Å². The van der Waals surface area contributed by atoms with Gasteiger partial charge >= 0.3 is 0 Å². The van der Waals surface area contributed by atoms with Crippen LogP contribution in [0.15, 0.2) is 24.3 Å². The average molecular weight is 258 g/mol. The van der Waals surface area contributed by atoms with Crippen LogP contribution in [-0.4, -0.2) is 12.5 Å². The van der Waals surface area contributed by atoms with Crippen LogP contribution in [0.2, 0.25) is 0 Å². The van der Waals surface area contributed by atoms with Crippen LogP contribution in [0.1, 0.15) is 44.7 Å². The number of nitriles is 1. The number of hydrogen-bond acceptors (Lipinski definition) is 2. The van der Waals surface area contributed by atoms with E-state index in [0.29, 0.717) is 6.54 Å². The molecule has 0 unspecified atom stereocenters. The van der Waals surface area contributed by atoms with Crippen LogP contribution in [0.5, 0.6) is 0 Å². The minimum atomic E-state index is -0.103. The second-order valence-corrected chi connectivity index (χ2v) is 5.37. The summed E-state index contributed by atoms with van der Waals surface area (Å²) in [6, 6.07) is 10.5. The summed E-state index contributed by atoms with van der Waals surface area (Å²) < 4.78 is 0. The van der Waals surface area contributed by atoms with Gasteiger partial charge < -0.3 is 5.32 Å². The Bertz CT molecular complexity index is 455. The zero-order chi connectivity index (χ0) is 14.3. The van der Waals surface area contributed by atoms with Crippen LogP contribution in [0.4, 0.5) is 0 Å². The van der Waals surface area contributed by atoms with Crippen LogP contribution in [0.25, 0.3) is 0 Å². The quantitative estimate of drug-likeness (QED) is 0.853. The van der Waals surface area contributed by atoms with Gasteiger partial charge in [-0.1, -0.05) is 45.0 Å². The van der Waals surface area contributed by atoms with E-state index in [1.807, 2.05) is 6.07 Å². The van der Waals surface area contributed by atoms with Crippen molar-refractivity contribution >= 4 is 5.91 Å². The molecule has 102 valence electrons. The summed E-state index contributed by atoms with van der Waals surface area (Å²) in [4.78, 5) is 11.5. The number of nitrogens with one attached hydrogen (secondary N) is 1. The normalized spacial score (nSPS) is 10.8. The fourth-order valence-corrected chi connectivity index (χ4v) is 1.87. The molecular formula is C16H22N2O. The van der Waals surface area contributed by atoms with Gasteiger partial charge in [0.15, 0.2) is 0 Å². The smallest absolute Gasteiger partial charge is 0.221 e. The lowest BCUT2D eigenvalue weighted by Crippen LogP contribution is -2.36. The zero-order valence-corrected chi connectivity index (χ0v) is 12.0. The number of nitrogens with zero attached hydrogens (tertiary/aromatic N) is 1. The van der Waals surface area contributed by atoms with Gasteiger partial charge in [0.05, 0.1) is 6.07 Å². The fraction of sp³-hybridized carbons (Fsp3) is 0.500. The van der Waals surface area contributed by atoms with Gasteiger partial charge in [-0.3, -0.25) is 4.79 Å². The number of amides is 1. The molecule has 3 nitrogen and oxygen atoms in total. The summed E-state index contributed by atoms with van der Waals surface area (Å²) in [5.41, 5.74) is 2.43. The summed E-state index contributed by atoms with van der Waals surface area (Å²) in [5.74, 6) is -0.0557. The molecule has 1 aromatic rings. The Morgan fingerprint density at radius 2 is 1.95 bits per heavy atom. The topological polar surface area (TPSA) is 52.9 Å². The van der Waals surface area contributed by atoms with Gasteiger partial charge in [0, 0.05) is 24.8 Å². The van der Waals surface area contributed by atoms with Crippen molar-refractivity contribution < 1.29 is 4.79 Å². The third-order valence-electron chi connectivity index (χ3n) is 3.34. The van der Waals surface area contributed by atoms with Gasteiger partial charge in [-0.05, 0) is 17.5 Å². The van der Waals surface area contributed by atoms with E-state index in [9.17, 15) is 4.79 Å². The molecule has 0 spiro atoms. The maximum Gasteiger partial charge on any atom is 0.221 e. The molecule has 0 aliphatic heterocycles. The van der Waals surface area contributed by atoms with Gasteiger partial charge in [0.25, 0.3) is 0 Å². The fourth-order valence-electron chi connectivity index (χ4n) is 1.87. The Balaban J connectivity index is 2.59. The van der Waals surface area contributed by atoms with E-state index in [1.165, 1.54) is 11.1 Å². The van der Waals surface area contributed by atoms with E-state index < -0.39 is 0 Å². The lowest BCUT2D eigenvalue weighted by atomic mass is 9.84. The molecule has 1 aromatic carbocycles. The SMILES string of the molecule is CCc1ccc(C(C)(C)CNC(=O)CCC#N)cc1. The number of hydrogen-bond donors (Lipinski definition) is 1. The van der Waals surface area contributed by atoms with Gasteiger partial charge in [-0.15, -0.1) is 0 Å². The number of aryl methyl sites for hydroxylation is 1. The molecule has 0 aliphatic carbocycles. The molecule has 0 aliphatic rings. The summed E-state index contributed by atoms with van der Waals surface area (Å²) in [5, 5.41) is 11.3. The molecular weight excluding hydrogens is 236 g/mol. The molecule has 0 fully saturated rings. The first-order chi connectivity index (χ1) is 8.99. The van der Waals surface area contributed by atoms with E-state index in [2.05, 4.69) is 50.4 Å². The number of rotatable bonds is 6. The van der Waals surface area contributed by atoms with Gasteiger partial charge in [0.2, 0.25) is 5.91 Å². The lowest BCUT2D eigenvalue weighted by molar-refractivity contribution is -0.121. The highest BCUT2D eigenvalue weighted by atomic mass is 16.1. The van der Waals surface area contributed by atoms with E-state index in [0.717, 1.165) is 6.42 Å². The summed E-state index contributed by atoms with van der Waals surface area (Å²) >= 11 is 0. The van der Waals surface area contributed by atoms with E-state index in [-0.39, 0.29) is 24.2 Å². The van der Waals surface area contributed by atoms with Crippen molar-refractivity contribution in [2.75, 3.05) is 6.54 Å². The zero-order valence-electron chi connectivity index (χ0n) is 12.0. The highest BCUT2D eigenvalue weighted by Crippen LogP contribution is 2.22. The van der Waals surface area contributed by atoms with Crippen LogP contribution in [0, 0.1) is 11.3 Å². The Kier molecular flexibility index (Phi) is 5.57. The second kappa shape index (κ2) is 6.94. The minimum absolute atomic E-state index is 0.0557. The first kappa shape index (κ1) is 15.2. The van der Waals surface area contributed by atoms with Crippen molar-refractivity contribution in [3.8, 4) is 6.07 Å². The third-order valence-corrected chi connectivity index (χ3v) is 3.34. The summed E-state index contributed by atoms with van der Waals surface area (Å²) in [7, 11) is 0. The molecule has 0 saturated carbocycles. The number of carbonyl (C=O) groups excluding carboxylic acids is 1. The van der Waals surface area contributed by atoms with Gasteiger partial charge in [0.1, 0.15) is 0 Å². The molecule has 0 aromatic heterocycles. The van der Waals surface area contributed by atoms with Crippen LogP contribution >= 0.6 is 0 Å². The standard InChI is InChI=1S/C16H22N2O/c1-4-13-7-9-14(10-8-13)16(2,3)12-18-15(19)6-5-11-17/h7-10H,4-6,12H2,1-3H3,(H,18,19). The van der Waals surface area contributed by atoms with Crippen molar-refractivity contribution in [2.45, 2.75) is 45.4 Å². The van der Waals surface area contributed by atoms with Gasteiger partial charge in [-0.2, -0.15) is 5.26 Å². The van der Waals surface area contributed by atoms with Crippen LogP contribution < -0.4 is 5.32 Å². The van der Waals surface area contributed by atoms with Crippen molar-refractivity contribution in [3.05, 3.63) is 35.4 Å². The van der Waals surface area contributed by atoms with Crippen molar-refractivity contribution in [2.24, 2.45) is 0 Å². The number of carbonyl (C=O) groups is 1. The largest absolute Gasteiger partial charge is 0.355 e. The monoisotopic (exact) mass is 258 g/mol. The number of benzene rings is 1. The predicted molar refractivity (Wildman–Crippen MR) is 76.7 cm³/mol. The van der Waals surface area contributed by atoms with E-state index in [1.54, 1.807) is 0 Å². The first-order valence-electron chi connectivity index (χ1n) is 6.72. The van der Waals surface area contributed by atoms with E-state index in [4.69, 9.17) is 5.26 Å². The molecule has 1 rings (SSSR count). The van der Waals surface area contributed by atoms with Crippen LogP contribution in [0.3, 0.4) is 0 Å². The molecule has 1 N–H and O–H groups in total. The Hall–Kier alpha value is -1.82. The maximum atomic E-state index is 11.5. The molecule has 0 radical (unpaired) electrons. The molecule has 0 saturated heterocycles. The summed E-state index contributed by atoms with van der Waals surface area (Å²) in [6.07, 6.45) is 1.59.